The van der Waals surface area contributed by atoms with Crippen LogP contribution in [0, 0.1) is 6.92 Å². The number of barbiturate groups is 1. The molecule has 40 heavy (non-hydrogen) atoms. The molecule has 3 aromatic rings. The van der Waals surface area contributed by atoms with Crippen molar-refractivity contribution in [1.29, 1.82) is 0 Å². The van der Waals surface area contributed by atoms with Gasteiger partial charge in [0.25, 0.3) is 17.7 Å². The maximum Gasteiger partial charge on any atom is 0.335 e. The maximum absolute atomic E-state index is 13.3. The number of carbonyl (C=O) groups is 4. The topological polar surface area (TPSA) is 114 Å². The van der Waals surface area contributed by atoms with Gasteiger partial charge in [-0.1, -0.05) is 46.9 Å². The zero-order valence-electron chi connectivity index (χ0n) is 21.2. The summed E-state index contributed by atoms with van der Waals surface area (Å²) in [7, 11) is 0. The molecule has 3 aromatic carbocycles. The first-order valence-corrected chi connectivity index (χ1v) is 13.0. The van der Waals surface area contributed by atoms with E-state index in [-0.39, 0.29) is 36.0 Å². The third-order valence-corrected chi connectivity index (χ3v) is 6.63. The van der Waals surface area contributed by atoms with Gasteiger partial charge in [-0.2, -0.15) is 0 Å². The van der Waals surface area contributed by atoms with Gasteiger partial charge in [0.2, 0.25) is 0 Å². The molecule has 0 spiro atoms. The van der Waals surface area contributed by atoms with Crippen molar-refractivity contribution >= 4 is 76.0 Å². The van der Waals surface area contributed by atoms with Gasteiger partial charge in [0, 0.05) is 10.7 Å². The van der Waals surface area contributed by atoms with Crippen molar-refractivity contribution in [2.45, 2.75) is 13.8 Å². The van der Waals surface area contributed by atoms with Gasteiger partial charge in [0.15, 0.2) is 18.1 Å². The Bertz CT molecular complexity index is 1560. The standard InChI is InChI=1S/C28H22Cl3N3O6/c1-3-39-24-11-16(5-9-23(24)40-14-25(35)32-18-7-8-20(30)21(31)13-18)10-19-26(36)33-28(38)34(27(19)37)22-12-17(29)6-4-15(22)2/h4-13H,3,14H2,1-2H3,(H,32,35)(H,33,36,38)/b19-10+. The van der Waals surface area contributed by atoms with E-state index < -0.39 is 23.8 Å². The summed E-state index contributed by atoms with van der Waals surface area (Å²) in [6.45, 7) is 3.42. The quantitative estimate of drug-likeness (QED) is 0.240. The molecular formula is C28H22Cl3N3O6. The van der Waals surface area contributed by atoms with Crippen molar-refractivity contribution in [3.05, 3.63) is 86.4 Å². The minimum Gasteiger partial charge on any atom is -0.490 e. The highest BCUT2D eigenvalue weighted by atomic mass is 35.5. The molecule has 4 rings (SSSR count). The Hall–Kier alpha value is -4.05. The lowest BCUT2D eigenvalue weighted by Gasteiger charge is -2.27. The Morgan fingerprint density at radius 3 is 2.45 bits per heavy atom. The van der Waals surface area contributed by atoms with Crippen molar-refractivity contribution in [2.75, 3.05) is 23.4 Å². The molecule has 0 radical (unpaired) electrons. The number of rotatable bonds is 8. The van der Waals surface area contributed by atoms with Crippen LogP contribution in [0.25, 0.3) is 6.08 Å². The van der Waals surface area contributed by atoms with Crippen molar-refractivity contribution in [3.8, 4) is 11.5 Å². The number of ether oxygens (including phenoxy) is 2. The van der Waals surface area contributed by atoms with Crippen LogP contribution in [0.3, 0.4) is 0 Å². The number of aryl methyl sites for hydroxylation is 1. The molecule has 0 aromatic heterocycles. The number of carbonyl (C=O) groups excluding carboxylic acids is 4. The summed E-state index contributed by atoms with van der Waals surface area (Å²) >= 11 is 18.0. The van der Waals surface area contributed by atoms with Gasteiger partial charge in [-0.05, 0) is 73.5 Å². The smallest absolute Gasteiger partial charge is 0.335 e. The fourth-order valence-corrected chi connectivity index (χ4v) is 4.25. The number of imide groups is 2. The van der Waals surface area contributed by atoms with Gasteiger partial charge in [-0.3, -0.25) is 19.7 Å². The predicted molar refractivity (Wildman–Crippen MR) is 153 cm³/mol. The Kier molecular flexibility index (Phi) is 8.99. The first-order chi connectivity index (χ1) is 19.1. The minimum atomic E-state index is -0.879. The van der Waals surface area contributed by atoms with E-state index in [1.807, 2.05) is 0 Å². The molecule has 1 fully saturated rings. The number of amides is 5. The van der Waals surface area contributed by atoms with Crippen LogP contribution in [0.2, 0.25) is 15.1 Å². The second-order valence-electron chi connectivity index (χ2n) is 8.49. The molecule has 206 valence electrons. The van der Waals surface area contributed by atoms with Crippen molar-refractivity contribution in [1.82, 2.24) is 5.32 Å². The van der Waals surface area contributed by atoms with E-state index in [0.29, 0.717) is 31.9 Å². The van der Waals surface area contributed by atoms with Gasteiger partial charge in [-0.25, -0.2) is 9.69 Å². The maximum atomic E-state index is 13.3. The summed E-state index contributed by atoms with van der Waals surface area (Å²) < 4.78 is 11.3. The van der Waals surface area contributed by atoms with Crippen LogP contribution in [0.4, 0.5) is 16.2 Å². The SMILES string of the molecule is CCOc1cc(/C=C2\C(=O)NC(=O)N(c3cc(Cl)ccc3C)C2=O)ccc1OCC(=O)Nc1ccc(Cl)c(Cl)c1. The number of anilines is 2. The first kappa shape index (κ1) is 28.9. The number of benzene rings is 3. The lowest BCUT2D eigenvalue weighted by molar-refractivity contribution is -0.122. The first-order valence-electron chi connectivity index (χ1n) is 11.9. The third kappa shape index (κ3) is 6.56. The van der Waals surface area contributed by atoms with E-state index in [1.165, 1.54) is 18.2 Å². The normalized spacial score (nSPS) is 14.3. The van der Waals surface area contributed by atoms with Crippen molar-refractivity contribution < 1.29 is 28.7 Å². The molecule has 9 nitrogen and oxygen atoms in total. The van der Waals surface area contributed by atoms with E-state index in [1.54, 1.807) is 56.3 Å². The van der Waals surface area contributed by atoms with E-state index in [0.717, 1.165) is 4.90 Å². The van der Waals surface area contributed by atoms with E-state index in [9.17, 15) is 19.2 Å². The number of urea groups is 1. The molecule has 1 aliphatic rings. The van der Waals surface area contributed by atoms with Crippen LogP contribution in [0.15, 0.2) is 60.2 Å². The number of nitrogens with zero attached hydrogens (tertiary/aromatic N) is 1. The molecule has 0 aliphatic carbocycles. The minimum absolute atomic E-state index is 0.256. The Balaban J connectivity index is 1.54. The average molecular weight is 603 g/mol. The van der Waals surface area contributed by atoms with Gasteiger partial charge < -0.3 is 14.8 Å². The zero-order chi connectivity index (χ0) is 29.0. The molecule has 0 bridgehead atoms. The fourth-order valence-electron chi connectivity index (χ4n) is 3.78. The Morgan fingerprint density at radius 2 is 1.73 bits per heavy atom. The van der Waals surface area contributed by atoms with Crippen molar-refractivity contribution in [2.24, 2.45) is 0 Å². The highest BCUT2D eigenvalue weighted by Crippen LogP contribution is 2.32. The van der Waals surface area contributed by atoms with Gasteiger partial charge in [0.05, 0.1) is 22.3 Å². The predicted octanol–water partition coefficient (Wildman–Crippen LogP) is 6.04. The van der Waals surface area contributed by atoms with E-state index in [2.05, 4.69) is 10.6 Å². The molecule has 1 heterocycles. The molecule has 1 saturated heterocycles. The summed E-state index contributed by atoms with van der Waals surface area (Å²) in [6.07, 6.45) is 1.33. The van der Waals surface area contributed by atoms with Crippen LogP contribution in [-0.4, -0.2) is 37.0 Å². The monoisotopic (exact) mass is 601 g/mol. The summed E-state index contributed by atoms with van der Waals surface area (Å²) in [5.74, 6) is -1.56. The second-order valence-corrected chi connectivity index (χ2v) is 9.74. The molecule has 0 atom stereocenters. The van der Waals surface area contributed by atoms with E-state index in [4.69, 9.17) is 44.3 Å². The van der Waals surface area contributed by atoms with Gasteiger partial charge in [-0.15, -0.1) is 0 Å². The Labute approximate surface area is 244 Å². The molecule has 1 aliphatic heterocycles. The van der Waals surface area contributed by atoms with Crippen LogP contribution < -0.4 is 25.0 Å². The molecular weight excluding hydrogens is 581 g/mol. The van der Waals surface area contributed by atoms with Crippen LogP contribution in [0.1, 0.15) is 18.1 Å². The van der Waals surface area contributed by atoms with Gasteiger partial charge >= 0.3 is 6.03 Å². The second kappa shape index (κ2) is 12.4. The molecule has 0 saturated carbocycles. The highest BCUT2D eigenvalue weighted by molar-refractivity contribution is 6.42. The number of hydrogen-bond donors (Lipinski definition) is 2. The summed E-state index contributed by atoms with van der Waals surface area (Å²) in [5.41, 5.74) is 1.48. The Morgan fingerprint density at radius 1 is 0.950 bits per heavy atom. The van der Waals surface area contributed by atoms with E-state index >= 15 is 0 Å². The summed E-state index contributed by atoms with van der Waals surface area (Å²) in [6, 6.07) is 13.2. The summed E-state index contributed by atoms with van der Waals surface area (Å²) in [4.78, 5) is 51.7. The highest BCUT2D eigenvalue weighted by Gasteiger charge is 2.37. The third-order valence-electron chi connectivity index (χ3n) is 5.65. The molecule has 12 heteroatoms. The lowest BCUT2D eigenvalue weighted by atomic mass is 10.1. The van der Waals surface area contributed by atoms with Gasteiger partial charge in [0.1, 0.15) is 5.57 Å². The molecule has 5 amide bonds. The average Bonchev–Trinajstić information content (AvgIpc) is 2.90. The lowest BCUT2D eigenvalue weighted by Crippen LogP contribution is -2.54. The van der Waals surface area contributed by atoms with Crippen LogP contribution >= 0.6 is 34.8 Å². The molecule has 0 unspecified atom stereocenters. The zero-order valence-corrected chi connectivity index (χ0v) is 23.5. The largest absolute Gasteiger partial charge is 0.490 e. The van der Waals surface area contributed by atoms with Crippen LogP contribution in [0.5, 0.6) is 11.5 Å². The van der Waals surface area contributed by atoms with Crippen molar-refractivity contribution in [3.63, 3.8) is 0 Å². The number of halogens is 3. The fraction of sp³-hybridized carbons (Fsp3) is 0.143. The summed E-state index contributed by atoms with van der Waals surface area (Å²) in [5, 5.41) is 5.82. The number of hydrogen-bond acceptors (Lipinski definition) is 6. The molecule has 2 N–H and O–H groups in total. The van der Waals surface area contributed by atoms with Crippen LogP contribution in [-0.2, 0) is 14.4 Å². The number of nitrogens with one attached hydrogen (secondary N) is 2.